The molecule has 6 nitrogen and oxygen atoms in total. The molecule has 2 aromatic rings. The van der Waals surface area contributed by atoms with Crippen LogP contribution in [0.4, 0.5) is 0 Å². The Kier molecular flexibility index (Phi) is 7.45. The molecule has 0 bridgehead atoms. The number of nitrogens with one attached hydrogen (secondary N) is 2. The lowest BCUT2D eigenvalue weighted by Crippen LogP contribution is -2.43. The third kappa shape index (κ3) is 6.07. The summed E-state index contributed by atoms with van der Waals surface area (Å²) >= 11 is 1.79. The van der Waals surface area contributed by atoms with Crippen LogP contribution in [0.3, 0.4) is 0 Å². The predicted molar refractivity (Wildman–Crippen MR) is 111 cm³/mol. The summed E-state index contributed by atoms with van der Waals surface area (Å²) in [4.78, 5) is 28.0. The van der Waals surface area contributed by atoms with E-state index >= 15 is 0 Å². The van der Waals surface area contributed by atoms with E-state index in [0.717, 1.165) is 32.5 Å². The van der Waals surface area contributed by atoms with E-state index in [-0.39, 0.29) is 18.4 Å². The molecule has 7 heteroatoms. The van der Waals surface area contributed by atoms with Crippen molar-refractivity contribution < 1.29 is 14.3 Å². The zero-order valence-corrected chi connectivity index (χ0v) is 17.0. The summed E-state index contributed by atoms with van der Waals surface area (Å²) in [5.74, 6) is 0.722. The summed E-state index contributed by atoms with van der Waals surface area (Å²) in [5.41, 5.74) is 0.505. The van der Waals surface area contributed by atoms with Crippen LogP contribution in [0.2, 0.25) is 0 Å². The number of benzene rings is 1. The first-order chi connectivity index (χ1) is 13.6. The van der Waals surface area contributed by atoms with E-state index in [2.05, 4.69) is 33.0 Å². The van der Waals surface area contributed by atoms with Gasteiger partial charge in [-0.1, -0.05) is 6.07 Å². The fraction of sp³-hybridized carbons (Fsp3) is 0.429. The number of hydrogen-bond donors (Lipinski definition) is 2. The number of likely N-dealkylation sites (tertiary alicyclic amines) is 1. The van der Waals surface area contributed by atoms with Crippen LogP contribution >= 0.6 is 11.3 Å². The smallest absolute Gasteiger partial charge is 0.251 e. The van der Waals surface area contributed by atoms with Crippen molar-refractivity contribution in [3.63, 3.8) is 0 Å². The lowest BCUT2D eigenvalue weighted by atomic mass is 9.98. The van der Waals surface area contributed by atoms with E-state index in [9.17, 15) is 9.59 Å². The highest BCUT2D eigenvalue weighted by Gasteiger charge is 2.20. The maximum absolute atomic E-state index is 12.1. The molecule has 1 unspecified atom stereocenters. The number of carbonyl (C=O) groups excluding carboxylic acids is 2. The van der Waals surface area contributed by atoms with Crippen molar-refractivity contribution in [1.82, 2.24) is 15.5 Å². The van der Waals surface area contributed by atoms with Crippen LogP contribution in [-0.2, 0) is 11.3 Å². The van der Waals surface area contributed by atoms with Crippen molar-refractivity contribution >= 4 is 23.2 Å². The summed E-state index contributed by atoms with van der Waals surface area (Å²) < 4.78 is 5.07. The van der Waals surface area contributed by atoms with Gasteiger partial charge in [0, 0.05) is 30.1 Å². The van der Waals surface area contributed by atoms with Gasteiger partial charge in [-0.15, -0.1) is 11.3 Å². The van der Waals surface area contributed by atoms with Gasteiger partial charge < -0.3 is 15.4 Å². The molecule has 1 aromatic carbocycles. The van der Waals surface area contributed by atoms with E-state index in [4.69, 9.17) is 4.74 Å². The quantitative estimate of drug-likeness (QED) is 0.713. The average Bonchev–Trinajstić information content (AvgIpc) is 3.24. The molecule has 150 valence electrons. The number of ether oxygens (including phenoxy) is 1. The summed E-state index contributed by atoms with van der Waals surface area (Å²) in [6.07, 6.45) is 2.28. The van der Waals surface area contributed by atoms with Crippen LogP contribution < -0.4 is 15.4 Å². The van der Waals surface area contributed by atoms with E-state index in [1.54, 1.807) is 42.7 Å². The van der Waals surface area contributed by atoms with Crippen molar-refractivity contribution in [2.24, 2.45) is 5.92 Å². The number of rotatable bonds is 8. The SMILES string of the molecule is COc1ccc(C(=O)NCC(=O)NCC2CCCN(Cc3cccs3)C2)cc1. The summed E-state index contributed by atoms with van der Waals surface area (Å²) in [6, 6.07) is 11.1. The molecule has 0 saturated carbocycles. The Bertz CT molecular complexity index is 762. The van der Waals surface area contributed by atoms with Crippen LogP contribution in [0, 0.1) is 5.92 Å². The Morgan fingerprint density at radius 1 is 1.21 bits per heavy atom. The second kappa shape index (κ2) is 10.2. The Balaban J connectivity index is 1.37. The van der Waals surface area contributed by atoms with Crippen molar-refractivity contribution in [3.05, 3.63) is 52.2 Å². The van der Waals surface area contributed by atoms with E-state index in [1.807, 2.05) is 0 Å². The highest BCUT2D eigenvalue weighted by Crippen LogP contribution is 2.20. The highest BCUT2D eigenvalue weighted by atomic mass is 32.1. The molecule has 2 N–H and O–H groups in total. The molecule has 3 rings (SSSR count). The molecular formula is C21H27N3O3S. The Morgan fingerprint density at radius 3 is 2.75 bits per heavy atom. The Labute approximate surface area is 169 Å². The van der Waals surface area contributed by atoms with Crippen molar-refractivity contribution in [3.8, 4) is 5.75 Å². The number of carbonyl (C=O) groups is 2. The van der Waals surface area contributed by atoms with E-state index < -0.39 is 0 Å². The molecule has 0 spiro atoms. The molecule has 0 aliphatic carbocycles. The number of methoxy groups -OCH3 is 1. The minimum Gasteiger partial charge on any atom is -0.497 e. The van der Waals surface area contributed by atoms with Crippen molar-refractivity contribution in [2.75, 3.05) is 33.3 Å². The Morgan fingerprint density at radius 2 is 2.04 bits per heavy atom. The monoisotopic (exact) mass is 401 g/mol. The maximum atomic E-state index is 12.1. The number of amides is 2. The fourth-order valence-corrected chi connectivity index (χ4v) is 4.16. The summed E-state index contributed by atoms with van der Waals surface area (Å²) in [6.45, 7) is 3.73. The number of nitrogens with zero attached hydrogens (tertiary/aromatic N) is 1. The van der Waals surface area contributed by atoms with Gasteiger partial charge in [0.2, 0.25) is 5.91 Å². The van der Waals surface area contributed by atoms with Gasteiger partial charge in [-0.2, -0.15) is 0 Å². The summed E-state index contributed by atoms with van der Waals surface area (Å²) in [5, 5.41) is 7.73. The van der Waals surface area contributed by atoms with Gasteiger partial charge >= 0.3 is 0 Å². The molecule has 2 amide bonds. The first kappa shape index (κ1) is 20.4. The zero-order chi connectivity index (χ0) is 19.8. The third-order valence-corrected chi connectivity index (χ3v) is 5.77. The van der Waals surface area contributed by atoms with Crippen LogP contribution in [-0.4, -0.2) is 50.0 Å². The minimum atomic E-state index is -0.266. The number of hydrogen-bond acceptors (Lipinski definition) is 5. The standard InChI is InChI=1S/C21H27N3O3S/c1-27-18-8-6-17(7-9-18)21(26)23-13-20(25)22-12-16-4-2-10-24(14-16)15-19-5-3-11-28-19/h3,5-9,11,16H,2,4,10,12-15H2,1H3,(H,22,25)(H,23,26). The maximum Gasteiger partial charge on any atom is 0.251 e. The molecule has 1 atom stereocenters. The van der Waals surface area contributed by atoms with Gasteiger partial charge in [-0.05, 0) is 61.0 Å². The van der Waals surface area contributed by atoms with Gasteiger partial charge in [0.05, 0.1) is 13.7 Å². The van der Waals surface area contributed by atoms with Crippen LogP contribution in [0.25, 0.3) is 0 Å². The molecule has 1 aliphatic rings. The molecule has 1 fully saturated rings. The molecular weight excluding hydrogens is 374 g/mol. The van der Waals surface area contributed by atoms with E-state index in [0.29, 0.717) is 23.8 Å². The van der Waals surface area contributed by atoms with Gasteiger partial charge in [-0.3, -0.25) is 14.5 Å². The second-order valence-corrected chi connectivity index (χ2v) is 8.07. The second-order valence-electron chi connectivity index (χ2n) is 7.04. The zero-order valence-electron chi connectivity index (χ0n) is 16.1. The molecule has 28 heavy (non-hydrogen) atoms. The average molecular weight is 402 g/mol. The number of thiophene rings is 1. The molecule has 0 radical (unpaired) electrons. The van der Waals surface area contributed by atoms with E-state index in [1.165, 1.54) is 4.88 Å². The van der Waals surface area contributed by atoms with Crippen LogP contribution in [0.5, 0.6) is 5.75 Å². The lowest BCUT2D eigenvalue weighted by Gasteiger charge is -2.32. The lowest BCUT2D eigenvalue weighted by molar-refractivity contribution is -0.120. The van der Waals surface area contributed by atoms with Crippen LogP contribution in [0.15, 0.2) is 41.8 Å². The molecule has 1 saturated heterocycles. The first-order valence-corrected chi connectivity index (χ1v) is 10.5. The molecule has 2 heterocycles. The van der Waals surface area contributed by atoms with Crippen molar-refractivity contribution in [2.45, 2.75) is 19.4 Å². The van der Waals surface area contributed by atoms with Gasteiger partial charge in [0.15, 0.2) is 0 Å². The number of piperidine rings is 1. The van der Waals surface area contributed by atoms with Crippen LogP contribution in [0.1, 0.15) is 28.1 Å². The third-order valence-electron chi connectivity index (χ3n) is 4.91. The summed E-state index contributed by atoms with van der Waals surface area (Å²) in [7, 11) is 1.58. The van der Waals surface area contributed by atoms with Gasteiger partial charge in [0.25, 0.3) is 5.91 Å². The van der Waals surface area contributed by atoms with Gasteiger partial charge in [-0.25, -0.2) is 0 Å². The molecule has 1 aliphatic heterocycles. The van der Waals surface area contributed by atoms with Gasteiger partial charge in [0.1, 0.15) is 5.75 Å². The molecule has 1 aromatic heterocycles. The largest absolute Gasteiger partial charge is 0.497 e. The minimum absolute atomic E-state index is 0.0174. The Hall–Kier alpha value is -2.38. The van der Waals surface area contributed by atoms with Crippen molar-refractivity contribution in [1.29, 1.82) is 0 Å². The normalized spacial score (nSPS) is 17.1. The predicted octanol–water partition coefficient (Wildman–Crippen LogP) is 2.51. The highest BCUT2D eigenvalue weighted by molar-refractivity contribution is 7.09. The fourth-order valence-electron chi connectivity index (χ4n) is 3.41. The first-order valence-electron chi connectivity index (χ1n) is 9.57. The topological polar surface area (TPSA) is 70.7 Å².